The average molecular weight is 420 g/mol. The zero-order chi connectivity index (χ0) is 22.2. The van der Waals surface area contributed by atoms with Crippen LogP contribution in [0.2, 0.25) is 0 Å². The molecule has 0 saturated carbocycles. The van der Waals surface area contributed by atoms with Gasteiger partial charge in [-0.15, -0.1) is 0 Å². The van der Waals surface area contributed by atoms with E-state index >= 15 is 0 Å². The van der Waals surface area contributed by atoms with Gasteiger partial charge in [-0.05, 0) is 32.0 Å². The van der Waals surface area contributed by atoms with Crippen molar-refractivity contribution < 1.29 is 19.6 Å². The number of hydrogen-bond acceptors (Lipinski definition) is 3. The number of benzene rings is 3. The van der Waals surface area contributed by atoms with Crippen LogP contribution < -0.4 is 20.1 Å². The fraction of sp³-hybridized carbons (Fsp3) is 0.269. The minimum Gasteiger partial charge on any atom is -0.497 e. The molecule has 0 fully saturated rings. The van der Waals surface area contributed by atoms with Crippen molar-refractivity contribution in [2.45, 2.75) is 25.9 Å². The molecule has 0 radical (unpaired) electrons. The largest absolute Gasteiger partial charge is 0.497 e. The number of amides is 1. The summed E-state index contributed by atoms with van der Waals surface area (Å²) in [5.74, 6) is 1.41. The Labute approximate surface area is 184 Å². The first-order valence-corrected chi connectivity index (χ1v) is 10.5. The third-order valence-corrected chi connectivity index (χ3v) is 5.41. The number of nitrogens with one attached hydrogen (secondary N) is 1. The molecule has 0 aromatic heterocycles. The van der Waals surface area contributed by atoms with Gasteiger partial charge in [0.1, 0.15) is 17.5 Å². The molecule has 162 valence electrons. The van der Waals surface area contributed by atoms with Gasteiger partial charge in [0.25, 0.3) is 5.91 Å². The number of ether oxygens (including phenoxy) is 2. The van der Waals surface area contributed by atoms with Gasteiger partial charge in [-0.3, -0.25) is 4.79 Å². The quantitative estimate of drug-likeness (QED) is 0.558. The van der Waals surface area contributed by atoms with Gasteiger partial charge in [0.05, 0.1) is 20.3 Å². The summed E-state index contributed by atoms with van der Waals surface area (Å²) in [4.78, 5) is 12.8. The van der Waals surface area contributed by atoms with Crippen LogP contribution in [0.5, 0.6) is 11.5 Å². The SMILES string of the molecule is COc1ccc(OC)c([C@@H](C)NC(=O)C[NH2+][C@@H](c2ccccc2)c2ccc(C)cc2)c1. The highest BCUT2D eigenvalue weighted by atomic mass is 16.5. The molecule has 0 bridgehead atoms. The summed E-state index contributed by atoms with van der Waals surface area (Å²) in [6.45, 7) is 4.33. The van der Waals surface area contributed by atoms with Gasteiger partial charge in [0, 0.05) is 16.7 Å². The van der Waals surface area contributed by atoms with E-state index in [0.29, 0.717) is 6.54 Å². The molecule has 5 heteroatoms. The summed E-state index contributed by atoms with van der Waals surface area (Å²) in [7, 11) is 3.25. The van der Waals surface area contributed by atoms with Crippen LogP contribution in [0.15, 0.2) is 72.8 Å². The molecule has 0 aliphatic carbocycles. The smallest absolute Gasteiger partial charge is 0.275 e. The van der Waals surface area contributed by atoms with Gasteiger partial charge >= 0.3 is 0 Å². The lowest BCUT2D eigenvalue weighted by Crippen LogP contribution is -2.87. The number of methoxy groups -OCH3 is 2. The van der Waals surface area contributed by atoms with Crippen molar-refractivity contribution in [1.82, 2.24) is 5.32 Å². The fourth-order valence-electron chi connectivity index (χ4n) is 3.68. The van der Waals surface area contributed by atoms with E-state index in [9.17, 15) is 4.79 Å². The van der Waals surface area contributed by atoms with Crippen LogP contribution in [0, 0.1) is 6.92 Å². The summed E-state index contributed by atoms with van der Waals surface area (Å²) < 4.78 is 10.8. The zero-order valence-electron chi connectivity index (χ0n) is 18.6. The second kappa shape index (κ2) is 10.6. The van der Waals surface area contributed by atoms with E-state index in [-0.39, 0.29) is 18.0 Å². The van der Waals surface area contributed by atoms with Crippen LogP contribution in [0.4, 0.5) is 0 Å². The predicted molar refractivity (Wildman–Crippen MR) is 122 cm³/mol. The molecule has 0 aliphatic rings. The third kappa shape index (κ3) is 5.86. The molecule has 0 saturated heterocycles. The predicted octanol–water partition coefficient (Wildman–Crippen LogP) is 3.54. The summed E-state index contributed by atoms with van der Waals surface area (Å²) in [5.41, 5.74) is 4.44. The molecule has 3 N–H and O–H groups in total. The van der Waals surface area contributed by atoms with Crippen molar-refractivity contribution in [2.24, 2.45) is 0 Å². The van der Waals surface area contributed by atoms with Crippen molar-refractivity contribution in [3.05, 3.63) is 95.1 Å². The Morgan fingerprint density at radius 1 is 0.935 bits per heavy atom. The zero-order valence-corrected chi connectivity index (χ0v) is 18.6. The highest BCUT2D eigenvalue weighted by Gasteiger charge is 2.21. The Bertz CT molecular complexity index is 987. The van der Waals surface area contributed by atoms with Crippen molar-refractivity contribution in [2.75, 3.05) is 20.8 Å². The highest BCUT2D eigenvalue weighted by Crippen LogP contribution is 2.29. The lowest BCUT2D eigenvalue weighted by molar-refractivity contribution is -0.676. The van der Waals surface area contributed by atoms with E-state index in [1.807, 2.05) is 43.3 Å². The third-order valence-electron chi connectivity index (χ3n) is 5.41. The van der Waals surface area contributed by atoms with Gasteiger partial charge in [-0.25, -0.2) is 0 Å². The Balaban J connectivity index is 1.71. The van der Waals surface area contributed by atoms with E-state index in [1.165, 1.54) is 16.7 Å². The molecule has 3 aromatic carbocycles. The Morgan fingerprint density at radius 2 is 1.61 bits per heavy atom. The van der Waals surface area contributed by atoms with Crippen LogP contribution in [0.25, 0.3) is 0 Å². The summed E-state index contributed by atoms with van der Waals surface area (Å²) in [6.07, 6.45) is 0. The summed E-state index contributed by atoms with van der Waals surface area (Å²) >= 11 is 0. The maximum absolute atomic E-state index is 12.8. The van der Waals surface area contributed by atoms with Crippen LogP contribution in [0.3, 0.4) is 0 Å². The minimum atomic E-state index is -0.208. The molecular formula is C26H31N2O3+. The molecule has 1 amide bonds. The lowest BCUT2D eigenvalue weighted by Gasteiger charge is -2.20. The van der Waals surface area contributed by atoms with Gasteiger partial charge in [0.2, 0.25) is 0 Å². The van der Waals surface area contributed by atoms with Crippen molar-refractivity contribution in [1.29, 1.82) is 0 Å². The Kier molecular flexibility index (Phi) is 7.68. The van der Waals surface area contributed by atoms with Crippen LogP contribution in [-0.4, -0.2) is 26.7 Å². The van der Waals surface area contributed by atoms with Gasteiger partial charge in [0.15, 0.2) is 6.54 Å². The molecule has 2 atom stereocenters. The van der Waals surface area contributed by atoms with Gasteiger partial charge in [-0.1, -0.05) is 60.2 Å². The molecule has 0 heterocycles. The molecular weight excluding hydrogens is 388 g/mol. The van der Waals surface area contributed by atoms with E-state index in [1.54, 1.807) is 14.2 Å². The first-order chi connectivity index (χ1) is 15.0. The topological polar surface area (TPSA) is 64.2 Å². The van der Waals surface area contributed by atoms with Gasteiger partial charge < -0.3 is 20.1 Å². The first-order valence-electron chi connectivity index (χ1n) is 10.5. The van der Waals surface area contributed by atoms with Crippen LogP contribution >= 0.6 is 0 Å². The Hall–Kier alpha value is -3.31. The molecule has 3 aromatic rings. The van der Waals surface area contributed by atoms with E-state index in [2.05, 4.69) is 54.0 Å². The molecule has 0 unspecified atom stereocenters. The highest BCUT2D eigenvalue weighted by molar-refractivity contribution is 5.77. The summed E-state index contributed by atoms with van der Waals surface area (Å²) in [6, 6.07) is 24.2. The number of rotatable bonds is 9. The maximum atomic E-state index is 12.8. The van der Waals surface area contributed by atoms with E-state index in [4.69, 9.17) is 9.47 Å². The van der Waals surface area contributed by atoms with Crippen molar-refractivity contribution in [3.8, 4) is 11.5 Å². The monoisotopic (exact) mass is 419 g/mol. The van der Waals surface area contributed by atoms with Gasteiger partial charge in [-0.2, -0.15) is 0 Å². The number of nitrogens with two attached hydrogens (primary N) is 1. The van der Waals surface area contributed by atoms with Crippen molar-refractivity contribution >= 4 is 5.91 Å². The van der Waals surface area contributed by atoms with E-state index in [0.717, 1.165) is 17.1 Å². The molecule has 31 heavy (non-hydrogen) atoms. The van der Waals surface area contributed by atoms with E-state index < -0.39 is 0 Å². The maximum Gasteiger partial charge on any atom is 0.275 e. The number of hydrogen-bond donors (Lipinski definition) is 2. The number of carbonyl (C=O) groups excluding carboxylic acids is 1. The number of quaternary nitrogens is 1. The molecule has 3 rings (SSSR count). The molecule has 0 aliphatic heterocycles. The average Bonchev–Trinajstić information content (AvgIpc) is 2.80. The summed E-state index contributed by atoms with van der Waals surface area (Å²) in [5, 5.41) is 5.16. The minimum absolute atomic E-state index is 0.0367. The normalized spacial score (nSPS) is 12.6. The van der Waals surface area contributed by atoms with Crippen molar-refractivity contribution in [3.63, 3.8) is 0 Å². The second-order valence-electron chi connectivity index (χ2n) is 7.64. The second-order valence-corrected chi connectivity index (χ2v) is 7.64. The van der Waals surface area contributed by atoms with Crippen LogP contribution in [-0.2, 0) is 4.79 Å². The number of aryl methyl sites for hydroxylation is 1. The number of carbonyl (C=O) groups is 1. The molecule has 5 nitrogen and oxygen atoms in total. The molecule has 0 spiro atoms. The fourth-order valence-corrected chi connectivity index (χ4v) is 3.68. The standard InChI is InChI=1S/C26H30N2O3/c1-18-10-12-21(13-11-18)26(20-8-6-5-7-9-20)27-17-25(29)28-19(2)23-16-22(30-3)14-15-24(23)31-4/h5-16,19,26-27H,17H2,1-4H3,(H,28,29)/p+1/t19-,26+/m1/s1. The van der Waals surface area contributed by atoms with Crippen LogP contribution in [0.1, 0.15) is 41.3 Å². The Morgan fingerprint density at radius 3 is 2.26 bits per heavy atom. The first kappa shape index (κ1) is 22.4. The lowest BCUT2D eigenvalue weighted by atomic mass is 9.98.